The van der Waals surface area contributed by atoms with E-state index in [9.17, 15) is 13.2 Å². The maximum Gasteiger partial charge on any atom is 0.496 e. The smallest absolute Gasteiger partial charge is 0.399 e. The Bertz CT molecular complexity index is 1930. The van der Waals surface area contributed by atoms with Gasteiger partial charge >= 0.3 is 7.12 Å². The number of aromatic nitrogens is 4. The van der Waals surface area contributed by atoms with Gasteiger partial charge < -0.3 is 14.6 Å². The van der Waals surface area contributed by atoms with E-state index in [1.54, 1.807) is 53.4 Å². The van der Waals surface area contributed by atoms with Crippen molar-refractivity contribution in [2.45, 2.75) is 64.2 Å². The fourth-order valence-electron chi connectivity index (χ4n) is 4.65. The van der Waals surface area contributed by atoms with Gasteiger partial charge in [-0.1, -0.05) is 29.7 Å². The largest absolute Gasteiger partial charge is 0.496 e. The number of aryl methyl sites for hydroxylation is 1. The zero-order valence-corrected chi connectivity index (χ0v) is 26.3. The van der Waals surface area contributed by atoms with E-state index in [4.69, 9.17) is 15.7 Å². The number of nitrogens with zero attached hydrogens (tertiary/aromatic N) is 4. The van der Waals surface area contributed by atoms with Crippen molar-refractivity contribution in [3.05, 3.63) is 90.0 Å². The first-order valence-corrected chi connectivity index (χ1v) is 15.5. The Hall–Kier alpha value is -4.44. The van der Waals surface area contributed by atoms with Crippen LogP contribution < -0.4 is 10.8 Å². The maximum absolute atomic E-state index is 13.8. The van der Waals surface area contributed by atoms with Gasteiger partial charge in [0.05, 0.1) is 40.1 Å². The van der Waals surface area contributed by atoms with E-state index in [2.05, 4.69) is 21.3 Å². The van der Waals surface area contributed by atoms with Gasteiger partial charge in [0.1, 0.15) is 0 Å². The summed E-state index contributed by atoms with van der Waals surface area (Å²) in [7, 11) is -4.79. The SMILES string of the molecule is C#C/C=C\C(=C/C)Cn1cc(C(=O)Nc2cn(S(=O)(=O)c3ccc(C)cc3)c3ncc(B4OC(C)(C)C(C)(C)O4)cc23)cn1. The van der Waals surface area contributed by atoms with Crippen LogP contribution in [0.25, 0.3) is 11.0 Å². The molecule has 1 aliphatic rings. The highest BCUT2D eigenvalue weighted by Gasteiger charge is 2.52. The molecular weight excluding hydrogens is 577 g/mol. The molecular formula is C32H34BN5O5S. The number of terminal acetylenes is 1. The van der Waals surface area contributed by atoms with E-state index in [1.807, 2.05) is 47.6 Å². The van der Waals surface area contributed by atoms with Crippen molar-refractivity contribution >= 4 is 45.2 Å². The van der Waals surface area contributed by atoms with Crippen LogP contribution in [0.4, 0.5) is 5.69 Å². The molecule has 0 spiro atoms. The summed E-state index contributed by atoms with van der Waals surface area (Å²) in [4.78, 5) is 18.1. The van der Waals surface area contributed by atoms with Gasteiger partial charge in [-0.15, -0.1) is 6.42 Å². The van der Waals surface area contributed by atoms with Crippen molar-refractivity contribution in [3.63, 3.8) is 0 Å². The molecule has 0 aliphatic carbocycles. The lowest BCUT2D eigenvalue weighted by atomic mass is 9.80. The molecule has 1 amide bonds. The van der Waals surface area contributed by atoms with Gasteiger partial charge in [0, 0.05) is 29.4 Å². The van der Waals surface area contributed by atoms with Crippen molar-refractivity contribution in [3.8, 4) is 12.3 Å². The second-order valence-corrected chi connectivity index (χ2v) is 13.4. The molecule has 1 saturated heterocycles. The molecule has 1 aliphatic heterocycles. The Morgan fingerprint density at radius 1 is 1.11 bits per heavy atom. The molecule has 1 aromatic carbocycles. The zero-order valence-electron chi connectivity index (χ0n) is 25.5. The summed E-state index contributed by atoms with van der Waals surface area (Å²) >= 11 is 0. The van der Waals surface area contributed by atoms with Gasteiger partial charge in [-0.2, -0.15) is 5.10 Å². The highest BCUT2D eigenvalue weighted by atomic mass is 32.2. The molecule has 1 N–H and O–H groups in total. The average Bonchev–Trinajstić information content (AvgIpc) is 3.65. The number of carbonyl (C=O) groups is 1. The van der Waals surface area contributed by atoms with Crippen LogP contribution in [-0.4, -0.2) is 51.4 Å². The van der Waals surface area contributed by atoms with Crippen LogP contribution in [0.15, 0.2) is 83.8 Å². The van der Waals surface area contributed by atoms with Crippen LogP contribution in [0.5, 0.6) is 0 Å². The molecule has 5 rings (SSSR count). The quantitative estimate of drug-likeness (QED) is 0.178. The molecule has 10 nitrogen and oxygen atoms in total. The number of nitrogens with one attached hydrogen (secondary N) is 1. The standard InChI is InChI=1S/C32H34BN5O5S/c1-8-10-11-23(9-2)19-37-20-24(17-35-37)30(39)36-28-21-38(44(40,41)26-14-12-22(3)13-15-26)29-27(28)16-25(18-34-29)33-42-31(4,5)32(6,7)43-33/h1,9-18,20-21H,19H2,2-7H3,(H,36,39)/b11-10-,23-9+. The van der Waals surface area contributed by atoms with E-state index in [-0.39, 0.29) is 16.2 Å². The Balaban J connectivity index is 1.53. The van der Waals surface area contributed by atoms with Crippen molar-refractivity contribution in [2.24, 2.45) is 0 Å². The molecule has 0 saturated carbocycles. The minimum Gasteiger partial charge on any atom is -0.399 e. The summed E-state index contributed by atoms with van der Waals surface area (Å²) in [6, 6.07) is 8.27. The van der Waals surface area contributed by atoms with Gasteiger partial charge in [-0.05, 0) is 77.5 Å². The molecule has 4 heterocycles. The van der Waals surface area contributed by atoms with E-state index < -0.39 is 34.3 Å². The van der Waals surface area contributed by atoms with E-state index in [0.717, 1.165) is 15.1 Å². The number of amides is 1. The second-order valence-electron chi connectivity index (χ2n) is 11.6. The van der Waals surface area contributed by atoms with E-state index in [1.165, 1.54) is 18.6 Å². The third kappa shape index (κ3) is 5.86. The molecule has 3 aromatic heterocycles. The molecule has 44 heavy (non-hydrogen) atoms. The third-order valence-corrected chi connectivity index (χ3v) is 9.65. The Kier molecular flexibility index (Phi) is 8.16. The summed E-state index contributed by atoms with van der Waals surface area (Å²) in [6.07, 6.45) is 16.6. The number of carbonyl (C=O) groups excluding carboxylic acids is 1. The fourth-order valence-corrected chi connectivity index (χ4v) is 5.98. The first kappa shape index (κ1) is 31.0. The molecule has 226 valence electrons. The van der Waals surface area contributed by atoms with Crippen LogP contribution in [0.2, 0.25) is 0 Å². The van der Waals surface area contributed by atoms with Gasteiger partial charge in [-0.25, -0.2) is 17.4 Å². The molecule has 0 bridgehead atoms. The number of benzene rings is 1. The van der Waals surface area contributed by atoms with Crippen molar-refractivity contribution in [2.75, 3.05) is 5.32 Å². The summed E-state index contributed by atoms with van der Waals surface area (Å²) in [6.45, 7) is 12.0. The Labute approximate surface area is 258 Å². The van der Waals surface area contributed by atoms with Crippen molar-refractivity contribution in [1.29, 1.82) is 0 Å². The number of allylic oxidation sites excluding steroid dienone is 4. The van der Waals surface area contributed by atoms with E-state index in [0.29, 0.717) is 23.0 Å². The number of hydrogen-bond donors (Lipinski definition) is 1. The highest BCUT2D eigenvalue weighted by Crippen LogP contribution is 2.37. The minimum atomic E-state index is -4.05. The summed E-state index contributed by atoms with van der Waals surface area (Å²) < 4.78 is 42.7. The van der Waals surface area contributed by atoms with Crippen LogP contribution in [0.1, 0.15) is 50.5 Å². The lowest BCUT2D eigenvalue weighted by Gasteiger charge is -2.32. The average molecular weight is 612 g/mol. The first-order valence-electron chi connectivity index (χ1n) is 14.1. The first-order chi connectivity index (χ1) is 20.8. The van der Waals surface area contributed by atoms with Gasteiger partial charge in [0.2, 0.25) is 0 Å². The Morgan fingerprint density at radius 2 is 1.80 bits per heavy atom. The molecule has 0 atom stereocenters. The van der Waals surface area contributed by atoms with Gasteiger partial charge in [0.15, 0.2) is 5.65 Å². The monoisotopic (exact) mass is 611 g/mol. The lowest BCUT2D eigenvalue weighted by Crippen LogP contribution is -2.41. The van der Waals surface area contributed by atoms with Crippen LogP contribution in [-0.2, 0) is 25.9 Å². The fraction of sp³-hybridized carbons (Fsp3) is 0.281. The molecule has 4 aromatic rings. The lowest BCUT2D eigenvalue weighted by molar-refractivity contribution is 0.00578. The number of rotatable bonds is 8. The summed E-state index contributed by atoms with van der Waals surface area (Å²) in [5, 5.41) is 7.58. The molecule has 0 unspecified atom stereocenters. The van der Waals surface area contributed by atoms with Gasteiger partial charge in [0.25, 0.3) is 15.9 Å². The number of fused-ring (bicyclic) bond motifs is 1. The van der Waals surface area contributed by atoms with Crippen molar-refractivity contribution < 1.29 is 22.5 Å². The van der Waals surface area contributed by atoms with E-state index >= 15 is 0 Å². The predicted octanol–water partition coefficient (Wildman–Crippen LogP) is 4.47. The minimum absolute atomic E-state index is 0.0923. The maximum atomic E-state index is 13.8. The van der Waals surface area contributed by atoms with Crippen LogP contribution in [0.3, 0.4) is 0 Å². The third-order valence-electron chi connectivity index (χ3n) is 7.99. The topological polar surface area (TPSA) is 117 Å². The normalized spacial score (nSPS) is 16.5. The number of pyridine rings is 1. The second kappa shape index (κ2) is 11.6. The molecule has 12 heteroatoms. The molecule has 0 radical (unpaired) electrons. The summed E-state index contributed by atoms with van der Waals surface area (Å²) in [5.74, 6) is 1.99. The summed E-state index contributed by atoms with van der Waals surface area (Å²) in [5.41, 5.74) is 1.95. The van der Waals surface area contributed by atoms with Crippen molar-refractivity contribution in [1.82, 2.24) is 18.7 Å². The van der Waals surface area contributed by atoms with Crippen LogP contribution in [0, 0.1) is 19.3 Å². The molecule has 1 fully saturated rings. The number of hydrogen-bond acceptors (Lipinski definition) is 7. The number of anilines is 1. The van der Waals surface area contributed by atoms with Crippen LogP contribution >= 0.6 is 0 Å². The zero-order chi connectivity index (χ0) is 31.9. The van der Waals surface area contributed by atoms with Gasteiger partial charge in [-0.3, -0.25) is 9.48 Å². The predicted molar refractivity (Wildman–Crippen MR) is 171 cm³/mol. The Morgan fingerprint density at radius 3 is 2.43 bits per heavy atom. The highest BCUT2D eigenvalue weighted by molar-refractivity contribution is 7.90.